The number of rotatable bonds is 14. The van der Waals surface area contributed by atoms with Gasteiger partial charge in [0.25, 0.3) is 0 Å². The molecule has 0 aliphatic carbocycles. The number of imidazole rings is 2. The van der Waals surface area contributed by atoms with Crippen LogP contribution >= 0.6 is 0 Å². The molecular weight excluding hydrogens is 725 g/mol. The zero-order valence-electron chi connectivity index (χ0n) is 33.8. The van der Waals surface area contributed by atoms with Crippen molar-refractivity contribution in [2.45, 2.75) is 71.4 Å². The van der Waals surface area contributed by atoms with Crippen LogP contribution in [0.5, 0.6) is 0 Å². The summed E-state index contributed by atoms with van der Waals surface area (Å²) in [6.07, 6.45) is 8.73. The summed E-state index contributed by atoms with van der Waals surface area (Å²) in [7, 11) is 4.68. The molecule has 0 spiro atoms. The molecule has 1 saturated heterocycles. The van der Waals surface area contributed by atoms with E-state index in [0.717, 1.165) is 66.4 Å². The van der Waals surface area contributed by atoms with Crippen LogP contribution < -0.4 is 16.0 Å². The van der Waals surface area contributed by atoms with E-state index in [4.69, 9.17) is 0 Å². The number of methoxy groups -OCH3 is 2. The number of aldehydes is 1. The average Bonchev–Trinajstić information content (AvgIpc) is 4.04. The summed E-state index contributed by atoms with van der Waals surface area (Å²) in [6.45, 7) is 7.37. The van der Waals surface area contributed by atoms with E-state index < -0.39 is 18.2 Å². The first-order chi connectivity index (χ1) is 27.7. The van der Waals surface area contributed by atoms with Gasteiger partial charge in [-0.05, 0) is 85.3 Å². The highest BCUT2D eigenvalue weighted by Gasteiger charge is 2.25. The normalized spacial score (nSPS) is 14.0. The lowest BCUT2D eigenvalue weighted by Gasteiger charge is -2.16. The molecule has 1 aliphatic rings. The minimum Gasteiger partial charge on any atom is -0.453 e. The number of nitrogens with zero attached hydrogens (tertiary/aromatic N) is 3. The number of benzene rings is 3. The molecule has 2 atom stereocenters. The van der Waals surface area contributed by atoms with E-state index in [0.29, 0.717) is 25.3 Å². The van der Waals surface area contributed by atoms with Crippen LogP contribution in [0.4, 0.5) is 9.59 Å². The number of hydrogen-bond donors (Lipinski definition) is 5. The standard InChI is InChI=1S/C35H39N7O3.C6H11NO3.C2H6/c1-42-17-5-6-31(42)34-38-21-29(41-34)24-10-8-23(9-11-24)25-12-13-27-19-28(15-14-26(27)18-25)30-20-37-32(40-30)7-3-4-16-36-33(43)22-39-35(44)45-2;1-3-5(4-8)7-6(9)10-2;1-2/h8-15,18-21,31H,3-7,16-17,22H2,1-2H3,(H,36,43)(H,37,40)(H,38,41)(H,39,44);4-5H,3H2,1-2H3,(H,7,9);1-2H3. The van der Waals surface area contributed by atoms with Crippen LogP contribution in [-0.2, 0) is 25.5 Å². The lowest BCUT2D eigenvalue weighted by Crippen LogP contribution is -2.37. The maximum absolute atomic E-state index is 11.7. The smallest absolute Gasteiger partial charge is 0.407 e. The maximum atomic E-state index is 11.7. The van der Waals surface area contributed by atoms with Crippen molar-refractivity contribution in [1.29, 1.82) is 0 Å². The Balaban J connectivity index is 0.000000525. The molecule has 5 aromatic rings. The Kier molecular flexibility index (Phi) is 17.3. The second kappa shape index (κ2) is 22.5. The Hall–Kier alpha value is -6.02. The van der Waals surface area contributed by atoms with Crippen LogP contribution in [-0.4, -0.2) is 96.2 Å². The second-order valence-electron chi connectivity index (χ2n) is 13.4. The minimum atomic E-state index is -0.622. The molecule has 14 nitrogen and oxygen atoms in total. The SMILES string of the molecule is CC.CCC(C=O)NC(=O)OC.COC(=O)NCC(=O)NCCCCc1ncc(-c2ccc3cc(-c4ccc(-c5cnc(C6CCCN6C)[nH]5)cc4)ccc3c2)[nH]1. The number of aromatic amines is 2. The minimum absolute atomic E-state index is 0.0968. The molecular formula is C43H56N8O6. The number of carbonyl (C=O) groups is 4. The fourth-order valence-electron chi connectivity index (χ4n) is 6.35. The third-order valence-corrected chi connectivity index (χ3v) is 9.57. The summed E-state index contributed by atoms with van der Waals surface area (Å²) in [4.78, 5) is 61.9. The van der Waals surface area contributed by atoms with Gasteiger partial charge in [0.15, 0.2) is 0 Å². The zero-order valence-corrected chi connectivity index (χ0v) is 33.8. The van der Waals surface area contributed by atoms with Crippen molar-refractivity contribution in [2.24, 2.45) is 0 Å². The summed E-state index contributed by atoms with van der Waals surface area (Å²) in [6, 6.07) is 21.7. The number of likely N-dealkylation sites (tertiary alicyclic amines) is 1. The first-order valence-electron chi connectivity index (χ1n) is 19.5. The zero-order chi connectivity index (χ0) is 41.2. The number of nitrogens with one attached hydrogen (secondary N) is 5. The molecule has 6 rings (SSSR count). The van der Waals surface area contributed by atoms with Crippen LogP contribution in [0, 0.1) is 0 Å². The predicted molar refractivity (Wildman–Crippen MR) is 223 cm³/mol. The van der Waals surface area contributed by atoms with Gasteiger partial charge in [-0.3, -0.25) is 9.69 Å². The molecule has 0 saturated carbocycles. The predicted octanol–water partition coefficient (Wildman–Crippen LogP) is 7.19. The Labute approximate surface area is 334 Å². The molecule has 14 heteroatoms. The van der Waals surface area contributed by atoms with Gasteiger partial charge >= 0.3 is 12.2 Å². The summed E-state index contributed by atoms with van der Waals surface area (Å²) in [5, 5.41) is 9.84. The number of unbranched alkanes of at least 4 members (excludes halogenated alkanes) is 1. The summed E-state index contributed by atoms with van der Waals surface area (Å²) in [5.41, 5.74) is 6.62. The molecule has 1 fully saturated rings. The molecule has 0 bridgehead atoms. The van der Waals surface area contributed by atoms with E-state index in [1.165, 1.54) is 42.5 Å². The van der Waals surface area contributed by atoms with Crippen LogP contribution in [0.15, 0.2) is 73.1 Å². The molecule has 304 valence electrons. The summed E-state index contributed by atoms with van der Waals surface area (Å²) >= 11 is 0. The Morgan fingerprint density at radius 1 is 0.842 bits per heavy atom. The fourth-order valence-corrected chi connectivity index (χ4v) is 6.35. The van der Waals surface area contributed by atoms with Crippen molar-refractivity contribution in [3.8, 4) is 33.6 Å². The van der Waals surface area contributed by atoms with Crippen molar-refractivity contribution in [3.63, 3.8) is 0 Å². The lowest BCUT2D eigenvalue weighted by atomic mass is 9.98. The highest BCUT2D eigenvalue weighted by atomic mass is 16.5. The van der Waals surface area contributed by atoms with Gasteiger partial charge in [0.05, 0.1) is 56.6 Å². The summed E-state index contributed by atoms with van der Waals surface area (Å²) < 4.78 is 8.73. The van der Waals surface area contributed by atoms with E-state index in [1.807, 2.05) is 26.2 Å². The molecule has 3 heterocycles. The number of hydrogen-bond acceptors (Lipinski definition) is 9. The Morgan fingerprint density at radius 2 is 1.47 bits per heavy atom. The molecule has 1 aliphatic heterocycles. The molecule has 2 unspecified atom stereocenters. The van der Waals surface area contributed by atoms with Gasteiger partial charge in [-0.1, -0.05) is 69.3 Å². The molecule has 57 heavy (non-hydrogen) atoms. The highest BCUT2D eigenvalue weighted by Crippen LogP contribution is 2.32. The number of H-pyrrole nitrogens is 2. The van der Waals surface area contributed by atoms with Gasteiger partial charge < -0.3 is 40.2 Å². The third-order valence-electron chi connectivity index (χ3n) is 9.57. The van der Waals surface area contributed by atoms with Crippen molar-refractivity contribution in [3.05, 3.63) is 84.7 Å². The maximum Gasteiger partial charge on any atom is 0.407 e. The first kappa shape index (κ1) is 43.7. The largest absolute Gasteiger partial charge is 0.453 e. The van der Waals surface area contributed by atoms with Gasteiger partial charge in [0.2, 0.25) is 5.91 Å². The van der Waals surface area contributed by atoms with Crippen LogP contribution in [0.1, 0.15) is 70.6 Å². The monoisotopic (exact) mass is 780 g/mol. The lowest BCUT2D eigenvalue weighted by molar-refractivity contribution is -0.120. The number of carbonyl (C=O) groups excluding carboxylic acids is 4. The van der Waals surface area contributed by atoms with Gasteiger partial charge in [-0.15, -0.1) is 0 Å². The Morgan fingerprint density at radius 3 is 2.12 bits per heavy atom. The number of amides is 3. The molecule has 3 aromatic carbocycles. The average molecular weight is 781 g/mol. The Bertz CT molecular complexity index is 2040. The van der Waals surface area contributed by atoms with E-state index in [1.54, 1.807) is 6.92 Å². The van der Waals surface area contributed by atoms with E-state index in [-0.39, 0.29) is 12.5 Å². The second-order valence-corrected chi connectivity index (χ2v) is 13.4. The topological polar surface area (TPSA) is 183 Å². The molecule has 3 amide bonds. The van der Waals surface area contributed by atoms with E-state index in [2.05, 4.69) is 118 Å². The molecule has 5 N–H and O–H groups in total. The van der Waals surface area contributed by atoms with Crippen molar-refractivity contribution >= 4 is 35.2 Å². The van der Waals surface area contributed by atoms with Crippen molar-refractivity contribution in [2.75, 3.05) is 40.9 Å². The van der Waals surface area contributed by atoms with E-state index >= 15 is 0 Å². The number of alkyl carbamates (subject to hydrolysis) is 2. The van der Waals surface area contributed by atoms with E-state index in [9.17, 15) is 19.2 Å². The fraction of sp³-hybridized carbons (Fsp3) is 0.395. The number of aromatic nitrogens is 4. The third kappa shape index (κ3) is 12.8. The number of aryl methyl sites for hydroxylation is 1. The number of ether oxygens (including phenoxy) is 2. The quantitative estimate of drug-likeness (QED) is 0.0575. The summed E-state index contributed by atoms with van der Waals surface area (Å²) in [5.74, 6) is 1.73. The molecule has 0 radical (unpaired) electrons. The van der Waals surface area contributed by atoms with Gasteiger partial charge in [0.1, 0.15) is 17.9 Å². The first-order valence-corrected chi connectivity index (χ1v) is 19.5. The van der Waals surface area contributed by atoms with Crippen LogP contribution in [0.3, 0.4) is 0 Å². The van der Waals surface area contributed by atoms with Gasteiger partial charge in [-0.2, -0.15) is 0 Å². The van der Waals surface area contributed by atoms with Crippen molar-refractivity contribution < 1.29 is 28.7 Å². The highest BCUT2D eigenvalue weighted by molar-refractivity contribution is 5.90. The molecule has 2 aromatic heterocycles. The van der Waals surface area contributed by atoms with Crippen molar-refractivity contribution in [1.82, 2.24) is 40.8 Å². The number of fused-ring (bicyclic) bond motifs is 1. The van der Waals surface area contributed by atoms with Crippen LogP contribution in [0.25, 0.3) is 44.4 Å². The van der Waals surface area contributed by atoms with Gasteiger partial charge in [0, 0.05) is 18.5 Å². The van der Waals surface area contributed by atoms with Gasteiger partial charge in [-0.25, -0.2) is 19.6 Å². The van der Waals surface area contributed by atoms with Crippen LogP contribution in [0.2, 0.25) is 0 Å².